The van der Waals surface area contributed by atoms with Crippen molar-refractivity contribution in [3.63, 3.8) is 0 Å². The fourth-order valence-electron chi connectivity index (χ4n) is 4.70. The van der Waals surface area contributed by atoms with Gasteiger partial charge < -0.3 is 29.7 Å². The van der Waals surface area contributed by atoms with E-state index < -0.39 is 17.5 Å². The lowest BCUT2D eigenvalue weighted by molar-refractivity contribution is -0.157. The lowest BCUT2D eigenvalue weighted by atomic mass is 9.97. The minimum atomic E-state index is -0.649. The van der Waals surface area contributed by atoms with Gasteiger partial charge in [0.15, 0.2) is 17.2 Å². The van der Waals surface area contributed by atoms with Crippen molar-refractivity contribution < 1.29 is 28.6 Å². The van der Waals surface area contributed by atoms with Gasteiger partial charge in [-0.1, -0.05) is 42.5 Å². The molecule has 0 atom stereocenters. The summed E-state index contributed by atoms with van der Waals surface area (Å²) in [5.41, 5.74) is 2.25. The number of piperidine rings is 1. The highest BCUT2D eigenvalue weighted by atomic mass is 79.9. The normalized spacial score (nSPS) is 13.7. The minimum Gasteiger partial charge on any atom is -0.479 e. The van der Waals surface area contributed by atoms with Crippen molar-refractivity contribution in [2.45, 2.75) is 45.8 Å². The highest BCUT2D eigenvalue weighted by Gasteiger charge is 2.27. The van der Waals surface area contributed by atoms with Crippen LogP contribution in [-0.4, -0.2) is 61.8 Å². The second-order valence-corrected chi connectivity index (χ2v) is 13.1. The van der Waals surface area contributed by atoms with E-state index in [2.05, 4.69) is 26.6 Å². The van der Waals surface area contributed by atoms with E-state index in [1.165, 1.54) is 18.4 Å². The Kier molecular flexibility index (Phi) is 11.1. The molecule has 2 N–H and O–H groups in total. The molecule has 9 nitrogen and oxygen atoms in total. The van der Waals surface area contributed by atoms with Gasteiger partial charge >= 0.3 is 18.0 Å². The SMILES string of the molecule is COC(=O)c1sc(-c2cccc(NCC3CCN(C(=O)NCc4ccccc4)CC3)c2)c(Br)c1OCC(=O)OC(C)(C)C. The van der Waals surface area contributed by atoms with Gasteiger partial charge in [-0.2, -0.15) is 0 Å². The van der Waals surface area contributed by atoms with Crippen molar-refractivity contribution in [2.24, 2.45) is 5.92 Å². The Morgan fingerprint density at radius 2 is 1.77 bits per heavy atom. The maximum Gasteiger partial charge on any atom is 0.351 e. The molecule has 0 saturated carbocycles. The van der Waals surface area contributed by atoms with E-state index in [-0.39, 0.29) is 23.3 Å². The van der Waals surface area contributed by atoms with Crippen LogP contribution in [-0.2, 0) is 20.8 Å². The highest BCUT2D eigenvalue weighted by Crippen LogP contribution is 2.46. The summed E-state index contributed by atoms with van der Waals surface area (Å²) in [4.78, 5) is 40.3. The van der Waals surface area contributed by atoms with E-state index in [1.807, 2.05) is 59.5 Å². The average Bonchev–Trinajstić information content (AvgIpc) is 3.33. The van der Waals surface area contributed by atoms with E-state index in [1.54, 1.807) is 20.8 Å². The number of benzene rings is 2. The lowest BCUT2D eigenvalue weighted by Gasteiger charge is -2.32. The fourth-order valence-corrected chi connectivity index (χ4v) is 6.67. The molecule has 0 spiro atoms. The number of carbonyl (C=O) groups is 3. The van der Waals surface area contributed by atoms with Crippen LogP contribution in [0.5, 0.6) is 5.75 Å². The van der Waals surface area contributed by atoms with Crippen molar-refractivity contribution in [2.75, 3.05) is 38.7 Å². The zero-order valence-electron chi connectivity index (χ0n) is 24.9. The summed E-state index contributed by atoms with van der Waals surface area (Å²) >= 11 is 4.81. The molecule has 11 heteroatoms. The first-order chi connectivity index (χ1) is 20.5. The second kappa shape index (κ2) is 14.7. The van der Waals surface area contributed by atoms with Gasteiger partial charge in [-0.15, -0.1) is 11.3 Å². The van der Waals surface area contributed by atoms with Gasteiger partial charge in [0.25, 0.3) is 0 Å². The number of carbonyl (C=O) groups excluding carboxylic acids is 3. The number of urea groups is 1. The highest BCUT2D eigenvalue weighted by molar-refractivity contribution is 9.10. The molecular formula is C32H38BrN3O6S. The summed E-state index contributed by atoms with van der Waals surface area (Å²) < 4.78 is 16.6. The molecule has 230 valence electrons. The Bertz CT molecular complexity index is 1410. The monoisotopic (exact) mass is 671 g/mol. The summed E-state index contributed by atoms with van der Waals surface area (Å²) in [7, 11) is 1.31. The van der Waals surface area contributed by atoms with Crippen LogP contribution in [0.1, 0.15) is 48.8 Å². The lowest BCUT2D eigenvalue weighted by Crippen LogP contribution is -2.45. The smallest absolute Gasteiger partial charge is 0.351 e. The van der Waals surface area contributed by atoms with E-state index in [0.29, 0.717) is 16.9 Å². The van der Waals surface area contributed by atoms with Crippen molar-refractivity contribution in [3.8, 4) is 16.2 Å². The quantitative estimate of drug-likeness (QED) is 0.231. The van der Waals surface area contributed by atoms with Crippen LogP contribution in [0.15, 0.2) is 59.1 Å². The first kappa shape index (κ1) is 32.3. The number of amides is 2. The Morgan fingerprint density at radius 1 is 1.05 bits per heavy atom. The summed E-state index contributed by atoms with van der Waals surface area (Å²) in [6.07, 6.45) is 1.84. The van der Waals surface area contributed by atoms with Crippen molar-refractivity contribution >= 4 is 50.9 Å². The first-order valence-corrected chi connectivity index (χ1v) is 15.8. The van der Waals surface area contributed by atoms with E-state index >= 15 is 0 Å². The Balaban J connectivity index is 1.34. The molecule has 43 heavy (non-hydrogen) atoms. The molecule has 0 unspecified atom stereocenters. The second-order valence-electron chi connectivity index (χ2n) is 11.3. The van der Waals surface area contributed by atoms with Gasteiger partial charge in [-0.05, 0) is 78.7 Å². The molecule has 2 amide bonds. The summed E-state index contributed by atoms with van der Waals surface area (Å²) in [5.74, 6) is -0.400. The zero-order valence-corrected chi connectivity index (χ0v) is 27.3. The number of nitrogens with one attached hydrogen (secondary N) is 2. The minimum absolute atomic E-state index is 0.0229. The first-order valence-electron chi connectivity index (χ1n) is 14.2. The number of anilines is 1. The van der Waals surface area contributed by atoms with Gasteiger partial charge in [-0.25, -0.2) is 14.4 Å². The van der Waals surface area contributed by atoms with Crippen LogP contribution in [0.25, 0.3) is 10.4 Å². The molecule has 3 aromatic rings. The largest absolute Gasteiger partial charge is 0.479 e. The number of esters is 2. The van der Waals surface area contributed by atoms with Gasteiger partial charge in [0.05, 0.1) is 16.5 Å². The molecule has 0 radical (unpaired) electrons. The van der Waals surface area contributed by atoms with Crippen LogP contribution >= 0.6 is 27.3 Å². The molecule has 2 aromatic carbocycles. The number of likely N-dealkylation sites (tertiary alicyclic amines) is 1. The van der Waals surface area contributed by atoms with Crippen molar-refractivity contribution in [1.29, 1.82) is 0 Å². The zero-order chi connectivity index (χ0) is 31.0. The molecule has 1 aliphatic heterocycles. The van der Waals surface area contributed by atoms with Gasteiger partial charge in [-0.3, -0.25) is 0 Å². The third-order valence-corrected chi connectivity index (χ3v) is 9.06. The van der Waals surface area contributed by atoms with Gasteiger partial charge in [0, 0.05) is 31.9 Å². The molecule has 0 aliphatic carbocycles. The number of rotatable bonds is 10. The summed E-state index contributed by atoms with van der Waals surface area (Å²) in [6.45, 7) is 7.74. The molecule has 2 heterocycles. The molecular weight excluding hydrogens is 634 g/mol. The maximum absolute atomic E-state index is 12.6. The van der Waals surface area contributed by atoms with E-state index in [4.69, 9.17) is 14.2 Å². The van der Waals surface area contributed by atoms with Crippen LogP contribution in [0, 0.1) is 5.92 Å². The number of thiophene rings is 1. The average molecular weight is 673 g/mol. The predicted octanol–water partition coefficient (Wildman–Crippen LogP) is 6.72. The van der Waals surface area contributed by atoms with Crippen LogP contribution in [0.4, 0.5) is 10.5 Å². The standard InChI is InChI=1S/C32H38BrN3O6S/c1-32(2,3)42-25(37)20-41-27-26(33)28(43-29(27)30(38)40-4)23-11-8-12-24(17-23)34-18-22-13-15-36(16-14-22)31(39)35-19-21-9-6-5-7-10-21/h5-12,17,22,34H,13-16,18-20H2,1-4H3,(H,35,39). The van der Waals surface area contributed by atoms with Crippen LogP contribution in [0.3, 0.4) is 0 Å². The van der Waals surface area contributed by atoms with E-state index in [0.717, 1.165) is 54.2 Å². The molecule has 1 saturated heterocycles. The molecule has 1 aliphatic rings. The number of hydrogen-bond donors (Lipinski definition) is 2. The summed E-state index contributed by atoms with van der Waals surface area (Å²) in [5, 5.41) is 6.55. The topological polar surface area (TPSA) is 106 Å². The fraction of sp³-hybridized carbons (Fsp3) is 0.406. The Morgan fingerprint density at radius 3 is 2.44 bits per heavy atom. The van der Waals surface area contributed by atoms with Gasteiger partial charge in [0.2, 0.25) is 0 Å². The van der Waals surface area contributed by atoms with Gasteiger partial charge in [0.1, 0.15) is 5.60 Å². The van der Waals surface area contributed by atoms with Crippen molar-refractivity contribution in [3.05, 3.63) is 69.5 Å². The molecule has 0 bridgehead atoms. The number of hydrogen-bond acceptors (Lipinski definition) is 8. The Hall–Kier alpha value is -3.57. The molecule has 4 rings (SSSR count). The number of ether oxygens (including phenoxy) is 3. The third kappa shape index (κ3) is 9.21. The maximum atomic E-state index is 12.6. The third-order valence-electron chi connectivity index (χ3n) is 6.84. The molecule has 1 fully saturated rings. The Labute approximate surface area is 265 Å². The molecule has 1 aromatic heterocycles. The van der Waals surface area contributed by atoms with Crippen LogP contribution < -0.4 is 15.4 Å². The van der Waals surface area contributed by atoms with Crippen LogP contribution in [0.2, 0.25) is 0 Å². The van der Waals surface area contributed by atoms with E-state index in [9.17, 15) is 14.4 Å². The number of methoxy groups -OCH3 is 1. The number of nitrogens with zero attached hydrogens (tertiary/aromatic N) is 1. The summed E-state index contributed by atoms with van der Waals surface area (Å²) in [6, 6.07) is 17.8. The van der Waals surface area contributed by atoms with Crippen molar-refractivity contribution in [1.82, 2.24) is 10.2 Å². The number of halogens is 1. The predicted molar refractivity (Wildman–Crippen MR) is 172 cm³/mol.